The molecular formula is C46H51ClF4N6O5. The van der Waals surface area contributed by atoms with E-state index in [1.807, 2.05) is 47.9 Å². The Labute approximate surface area is 363 Å². The van der Waals surface area contributed by atoms with Crippen molar-refractivity contribution in [1.82, 2.24) is 19.9 Å². The second-order valence-electron chi connectivity index (χ2n) is 16.4. The lowest BCUT2D eigenvalue weighted by Crippen LogP contribution is -2.60. The van der Waals surface area contributed by atoms with Gasteiger partial charge in [0, 0.05) is 32.7 Å². The number of rotatable bonds is 13. The first-order chi connectivity index (χ1) is 29.5. The van der Waals surface area contributed by atoms with E-state index in [1.165, 1.54) is 19.3 Å². The van der Waals surface area contributed by atoms with Crippen LogP contribution in [0.4, 0.5) is 34.0 Å². The Kier molecular flexibility index (Phi) is 12.9. The van der Waals surface area contributed by atoms with Crippen LogP contribution in [0.3, 0.4) is 0 Å². The molecular weight excluding hydrogens is 828 g/mol. The molecule has 16 heteroatoms. The Balaban J connectivity index is 1.31. The number of aromatic nitrogens is 3. The number of methoxy groups -OCH3 is 2. The van der Waals surface area contributed by atoms with Gasteiger partial charge in [0.2, 0.25) is 0 Å². The topological polar surface area (TPSA) is 102 Å². The number of carbonyl (C=O) groups excluding carboxylic acids is 1. The number of benzene rings is 3. The molecule has 62 heavy (non-hydrogen) atoms. The summed E-state index contributed by atoms with van der Waals surface area (Å²) in [7, 11) is 3.11. The summed E-state index contributed by atoms with van der Waals surface area (Å²) in [6.45, 7) is 10.2. The van der Waals surface area contributed by atoms with Crippen LogP contribution in [0, 0.1) is 12.7 Å². The summed E-state index contributed by atoms with van der Waals surface area (Å²) in [6, 6.07) is 15.4. The number of halogens is 5. The van der Waals surface area contributed by atoms with Gasteiger partial charge in [0.15, 0.2) is 11.6 Å². The second-order valence-corrected chi connectivity index (χ2v) is 16.8. The first-order valence-corrected chi connectivity index (χ1v) is 21.1. The molecule has 5 aromatic rings. The lowest BCUT2D eigenvalue weighted by Gasteiger charge is -2.43. The van der Waals surface area contributed by atoms with E-state index in [4.69, 9.17) is 30.5 Å². The van der Waals surface area contributed by atoms with Crippen LogP contribution in [0.15, 0.2) is 60.9 Å². The van der Waals surface area contributed by atoms with E-state index in [0.29, 0.717) is 23.7 Å². The molecule has 1 saturated heterocycles. The quantitative estimate of drug-likeness (QED) is 0.0839. The van der Waals surface area contributed by atoms with Gasteiger partial charge in [-0.3, -0.25) is 0 Å². The van der Waals surface area contributed by atoms with Gasteiger partial charge in [-0.2, -0.15) is 13.2 Å². The number of piperazine rings is 1. The van der Waals surface area contributed by atoms with Crippen LogP contribution in [-0.4, -0.2) is 77.5 Å². The smallest absolute Gasteiger partial charge is 0.418 e. The highest BCUT2D eigenvalue weighted by atomic mass is 35.5. The maximum atomic E-state index is 17.3. The van der Waals surface area contributed by atoms with E-state index >= 15 is 17.6 Å². The van der Waals surface area contributed by atoms with Crippen molar-refractivity contribution in [2.75, 3.05) is 43.7 Å². The molecule has 1 amide bonds. The van der Waals surface area contributed by atoms with Crippen LogP contribution in [0.25, 0.3) is 22.2 Å². The molecule has 1 fully saturated rings. The molecule has 11 nitrogen and oxygen atoms in total. The number of unbranched alkanes of at least 4 members (excludes halogenated alkanes) is 2. The zero-order valence-electron chi connectivity index (χ0n) is 35.9. The molecule has 0 unspecified atom stereocenters. The number of carbonyl (C=O) groups is 1. The number of ether oxygens (including phenoxy) is 4. The van der Waals surface area contributed by atoms with Crippen molar-refractivity contribution in [1.29, 1.82) is 0 Å². The number of nitrogens with zero attached hydrogens (tertiary/aromatic N) is 6. The van der Waals surface area contributed by atoms with Crippen LogP contribution in [0.2, 0.25) is 5.02 Å². The van der Waals surface area contributed by atoms with Crippen molar-refractivity contribution in [3.8, 4) is 28.5 Å². The van der Waals surface area contributed by atoms with Gasteiger partial charge in [-0.15, -0.1) is 0 Å². The Morgan fingerprint density at radius 3 is 2.18 bits per heavy atom. The highest BCUT2D eigenvalue weighted by Gasteiger charge is 2.43. The largest absolute Gasteiger partial charge is 0.497 e. The summed E-state index contributed by atoms with van der Waals surface area (Å²) < 4.78 is 86.3. The molecule has 0 radical (unpaired) electrons. The highest BCUT2D eigenvalue weighted by molar-refractivity contribution is 6.36. The molecule has 7 rings (SSSR count). The van der Waals surface area contributed by atoms with E-state index in [9.17, 15) is 4.79 Å². The van der Waals surface area contributed by atoms with Crippen LogP contribution >= 0.6 is 11.6 Å². The van der Waals surface area contributed by atoms with Gasteiger partial charge in [-0.25, -0.2) is 24.1 Å². The van der Waals surface area contributed by atoms with Crippen molar-refractivity contribution in [3.63, 3.8) is 0 Å². The summed E-state index contributed by atoms with van der Waals surface area (Å²) in [5.41, 5.74) is -1.97. The molecule has 0 aliphatic carbocycles. The van der Waals surface area contributed by atoms with Gasteiger partial charge in [-0.1, -0.05) is 55.6 Å². The van der Waals surface area contributed by atoms with E-state index in [1.54, 1.807) is 50.3 Å². The Hall–Kier alpha value is -5.57. The number of fused-ring (bicyclic) bond motifs is 2. The van der Waals surface area contributed by atoms with Crippen molar-refractivity contribution in [3.05, 3.63) is 94.0 Å². The summed E-state index contributed by atoms with van der Waals surface area (Å²) in [4.78, 5) is 32.3. The fourth-order valence-corrected chi connectivity index (χ4v) is 8.57. The minimum atomic E-state index is -4.96. The first-order valence-electron chi connectivity index (χ1n) is 20.7. The van der Waals surface area contributed by atoms with Crippen molar-refractivity contribution in [2.24, 2.45) is 0 Å². The van der Waals surface area contributed by atoms with Crippen LogP contribution in [0.5, 0.6) is 17.2 Å². The third-order valence-corrected chi connectivity index (χ3v) is 11.9. The van der Waals surface area contributed by atoms with Gasteiger partial charge in [0.1, 0.15) is 46.7 Å². The number of aryl methyl sites for hydroxylation is 1. The zero-order valence-corrected chi connectivity index (χ0v) is 36.7. The third kappa shape index (κ3) is 9.13. The second kappa shape index (κ2) is 18.0. The predicted octanol–water partition coefficient (Wildman–Crippen LogP) is 10.8. The van der Waals surface area contributed by atoms with Gasteiger partial charge in [0.25, 0.3) is 0 Å². The monoisotopic (exact) mass is 878 g/mol. The van der Waals surface area contributed by atoms with E-state index in [2.05, 4.69) is 21.9 Å². The van der Waals surface area contributed by atoms with Crippen molar-refractivity contribution >= 4 is 40.2 Å². The number of hydrogen-bond donors (Lipinski definition) is 0. The molecule has 2 aromatic heterocycles. The molecule has 0 bridgehead atoms. The number of amides is 1. The van der Waals surface area contributed by atoms with E-state index < -0.39 is 57.7 Å². The zero-order chi connectivity index (χ0) is 44.5. The molecule has 2 aliphatic heterocycles. The maximum absolute atomic E-state index is 17.3. The fraction of sp³-hybridized carbons (Fsp3) is 0.435. The molecule has 2 aliphatic rings. The third-order valence-electron chi connectivity index (χ3n) is 11.6. The highest BCUT2D eigenvalue weighted by Crippen LogP contribution is 2.51. The first kappa shape index (κ1) is 44.5. The van der Waals surface area contributed by atoms with Crippen molar-refractivity contribution < 1.29 is 41.3 Å². The standard InChI is InChI=1S/C46H51ClF4N6O5/c1-8-9-10-19-45(4,5)62-44(58)55-20-21-57-33(25-55)28(3)61-42-36-41(52-26-53-43(36)57)39(48)35(38(42)47)40-37(46(49,50)51)27(2)22-34(54-40)56(23-29-11-15-31(59-6)16-12-29)24-30-13-17-32(60-7)18-14-30/h11-18,22,26,28,33H,8-10,19-21,23-25H2,1-7H3/t28-,33-/m0/s1. The molecule has 2 atom stereocenters. The number of hydrogen-bond acceptors (Lipinski definition) is 10. The summed E-state index contributed by atoms with van der Waals surface area (Å²) >= 11 is 7.13. The average Bonchev–Trinajstić information content (AvgIpc) is 3.36. The Morgan fingerprint density at radius 2 is 1.60 bits per heavy atom. The van der Waals surface area contributed by atoms with Gasteiger partial charge in [0.05, 0.1) is 47.5 Å². The normalized spacial score (nSPS) is 16.4. The van der Waals surface area contributed by atoms with Crippen LogP contribution in [-0.2, 0) is 24.0 Å². The summed E-state index contributed by atoms with van der Waals surface area (Å²) in [5, 5.41) is -0.294. The van der Waals surface area contributed by atoms with E-state index in [-0.39, 0.29) is 60.8 Å². The molecule has 4 heterocycles. The van der Waals surface area contributed by atoms with Crippen molar-refractivity contribution in [2.45, 2.75) is 97.3 Å². The number of anilines is 2. The molecule has 0 spiro atoms. The molecule has 330 valence electrons. The van der Waals surface area contributed by atoms with Crippen LogP contribution in [0.1, 0.15) is 75.6 Å². The fourth-order valence-electron chi connectivity index (χ4n) is 8.26. The molecule has 3 aromatic carbocycles. The minimum absolute atomic E-state index is 0.0759. The lowest BCUT2D eigenvalue weighted by molar-refractivity contribution is -0.137. The van der Waals surface area contributed by atoms with Gasteiger partial charge in [-0.05, 0) is 87.6 Å². The molecule has 0 N–H and O–H groups in total. The number of pyridine rings is 1. The number of alkyl halides is 3. The minimum Gasteiger partial charge on any atom is -0.497 e. The average molecular weight is 879 g/mol. The van der Waals surface area contributed by atoms with Crippen LogP contribution < -0.4 is 24.0 Å². The Morgan fingerprint density at radius 1 is 0.968 bits per heavy atom. The van der Waals surface area contributed by atoms with Gasteiger partial charge >= 0.3 is 12.3 Å². The van der Waals surface area contributed by atoms with E-state index in [0.717, 1.165) is 30.4 Å². The molecule has 0 saturated carbocycles. The predicted molar refractivity (Wildman–Crippen MR) is 231 cm³/mol. The lowest BCUT2D eigenvalue weighted by atomic mass is 9.98. The SMILES string of the molecule is CCCCCC(C)(C)OC(=O)N1CCN2c3ncnc4c(F)c(-c5nc(N(Cc6ccc(OC)cc6)Cc6ccc(OC)cc6)cc(C)c5C(F)(F)F)c(Cl)c(c34)O[C@@H](C)[C@@H]2C1. The maximum Gasteiger partial charge on any atom is 0.418 e. The summed E-state index contributed by atoms with van der Waals surface area (Å²) in [5.74, 6) is 0.532. The summed E-state index contributed by atoms with van der Waals surface area (Å²) in [6.07, 6.45) is -1.25. The Bertz CT molecular complexity index is 2370. The van der Waals surface area contributed by atoms with Gasteiger partial charge < -0.3 is 33.6 Å².